The minimum Gasteiger partial charge on any atom is -0.352 e. The van der Waals surface area contributed by atoms with Gasteiger partial charge in [-0.2, -0.15) is 0 Å². The Hall–Kier alpha value is -3.17. The molecule has 0 aliphatic rings. The quantitative estimate of drug-likeness (QED) is 0.244. The van der Waals surface area contributed by atoms with E-state index in [2.05, 4.69) is 21.2 Å². The summed E-state index contributed by atoms with van der Waals surface area (Å²) < 4.78 is 27.5. The number of aryl methyl sites for hydroxylation is 1. The zero-order valence-electron chi connectivity index (χ0n) is 24.2. The molecule has 1 N–H and O–H groups in total. The van der Waals surface area contributed by atoms with Crippen molar-refractivity contribution < 1.29 is 18.0 Å². The van der Waals surface area contributed by atoms with Gasteiger partial charge in [0.25, 0.3) is 0 Å². The van der Waals surface area contributed by atoms with Crippen molar-refractivity contribution in [1.82, 2.24) is 10.2 Å². The summed E-state index contributed by atoms with van der Waals surface area (Å²) in [4.78, 5) is 29.0. The normalized spacial score (nSPS) is 12.1. The van der Waals surface area contributed by atoms with Crippen LogP contribution in [0.2, 0.25) is 0 Å². The SMILES string of the molecule is CCc1ccc(N(CCCC(=O)N(Cc2ccc(Br)cc2)[C@@H](Cc2ccccc2)C(=O)NC(C)C)S(C)(=O)=O)cc1. The average Bonchev–Trinajstić information content (AvgIpc) is 2.93. The van der Waals surface area contributed by atoms with Crippen molar-refractivity contribution in [2.24, 2.45) is 0 Å². The second-order valence-electron chi connectivity index (χ2n) is 10.5. The van der Waals surface area contributed by atoms with Gasteiger partial charge in [-0.1, -0.05) is 77.5 Å². The molecule has 0 heterocycles. The van der Waals surface area contributed by atoms with Crippen molar-refractivity contribution in [1.29, 1.82) is 0 Å². The Morgan fingerprint density at radius 2 is 1.49 bits per heavy atom. The number of nitrogens with one attached hydrogen (secondary N) is 1. The molecule has 9 heteroatoms. The topological polar surface area (TPSA) is 86.8 Å². The first-order valence-corrected chi connectivity index (χ1v) is 16.6. The fourth-order valence-electron chi connectivity index (χ4n) is 4.62. The average molecular weight is 643 g/mol. The second kappa shape index (κ2) is 15.2. The van der Waals surface area contributed by atoms with Gasteiger partial charge in [0.15, 0.2) is 0 Å². The van der Waals surface area contributed by atoms with Crippen LogP contribution >= 0.6 is 15.9 Å². The molecule has 0 aromatic heterocycles. The Balaban J connectivity index is 1.86. The first kappa shape index (κ1) is 32.3. The molecule has 1 atom stereocenters. The number of amides is 2. The van der Waals surface area contributed by atoms with Crippen molar-refractivity contribution in [2.45, 2.75) is 65.1 Å². The smallest absolute Gasteiger partial charge is 0.243 e. The molecule has 3 aromatic rings. The lowest BCUT2D eigenvalue weighted by Crippen LogP contribution is -2.51. The van der Waals surface area contributed by atoms with Gasteiger partial charge in [0.1, 0.15) is 6.04 Å². The summed E-state index contributed by atoms with van der Waals surface area (Å²) in [6, 6.07) is 23.9. The lowest BCUT2D eigenvalue weighted by Gasteiger charge is -2.32. The molecular formula is C32H40BrN3O4S. The molecule has 0 spiro atoms. The van der Waals surface area contributed by atoms with Crippen LogP contribution in [0.4, 0.5) is 5.69 Å². The molecule has 0 radical (unpaired) electrons. The van der Waals surface area contributed by atoms with E-state index in [4.69, 9.17) is 0 Å². The summed E-state index contributed by atoms with van der Waals surface area (Å²) in [5.74, 6) is -0.425. The Kier molecular flexibility index (Phi) is 12.0. The van der Waals surface area contributed by atoms with E-state index in [9.17, 15) is 18.0 Å². The monoisotopic (exact) mass is 641 g/mol. The maximum Gasteiger partial charge on any atom is 0.243 e. The second-order valence-corrected chi connectivity index (χ2v) is 13.3. The Labute approximate surface area is 253 Å². The number of sulfonamides is 1. The number of benzene rings is 3. The summed E-state index contributed by atoms with van der Waals surface area (Å²) in [5.41, 5.74) is 3.53. The molecular weight excluding hydrogens is 602 g/mol. The molecule has 0 unspecified atom stereocenters. The highest BCUT2D eigenvalue weighted by Crippen LogP contribution is 2.21. The molecule has 0 bridgehead atoms. The van der Waals surface area contributed by atoms with Crippen LogP contribution in [0.1, 0.15) is 50.3 Å². The molecule has 3 aromatic carbocycles. The molecule has 41 heavy (non-hydrogen) atoms. The van der Waals surface area contributed by atoms with E-state index in [1.54, 1.807) is 17.0 Å². The van der Waals surface area contributed by atoms with Gasteiger partial charge in [-0.05, 0) is 67.6 Å². The summed E-state index contributed by atoms with van der Waals surface area (Å²) in [6.45, 7) is 6.24. The molecule has 3 rings (SSSR count). The summed E-state index contributed by atoms with van der Waals surface area (Å²) >= 11 is 3.46. The Bertz CT molecular complexity index is 1380. The number of halogens is 1. The van der Waals surface area contributed by atoms with E-state index in [0.717, 1.165) is 27.6 Å². The standard InChI is InChI=1S/C32H40BrN3O4S/c1-5-25-15-19-29(20-16-25)36(41(4,39)40)21-9-12-31(37)35(23-27-13-17-28(33)18-14-27)30(32(38)34-24(2)3)22-26-10-7-6-8-11-26/h6-8,10-11,13-20,24,30H,5,9,12,21-23H2,1-4H3,(H,34,38)/t30-/m0/s1. The number of nitrogens with zero attached hydrogens (tertiary/aromatic N) is 2. The zero-order chi connectivity index (χ0) is 30.0. The third-order valence-corrected chi connectivity index (χ3v) is 8.48. The molecule has 7 nitrogen and oxygen atoms in total. The van der Waals surface area contributed by atoms with Crippen molar-refractivity contribution in [3.05, 3.63) is 100 Å². The Morgan fingerprint density at radius 3 is 2.05 bits per heavy atom. The van der Waals surface area contributed by atoms with Gasteiger partial charge in [0.2, 0.25) is 21.8 Å². The van der Waals surface area contributed by atoms with Crippen molar-refractivity contribution >= 4 is 43.5 Å². The summed E-state index contributed by atoms with van der Waals surface area (Å²) in [6.07, 6.45) is 2.80. The maximum absolute atomic E-state index is 13.9. The van der Waals surface area contributed by atoms with Gasteiger partial charge in [-0.15, -0.1) is 0 Å². The highest BCUT2D eigenvalue weighted by molar-refractivity contribution is 9.10. The summed E-state index contributed by atoms with van der Waals surface area (Å²) in [5, 5.41) is 2.99. The van der Waals surface area contributed by atoms with Crippen LogP contribution in [-0.4, -0.2) is 50.0 Å². The zero-order valence-corrected chi connectivity index (χ0v) is 26.6. The van der Waals surface area contributed by atoms with Crippen LogP contribution in [0.15, 0.2) is 83.3 Å². The lowest BCUT2D eigenvalue weighted by atomic mass is 10.0. The first-order chi connectivity index (χ1) is 19.5. The lowest BCUT2D eigenvalue weighted by molar-refractivity contribution is -0.141. The van der Waals surface area contributed by atoms with Gasteiger partial charge < -0.3 is 10.2 Å². The van der Waals surface area contributed by atoms with Gasteiger partial charge in [-0.25, -0.2) is 8.42 Å². The van der Waals surface area contributed by atoms with E-state index in [1.807, 2.05) is 87.5 Å². The highest BCUT2D eigenvalue weighted by atomic mass is 79.9. The van der Waals surface area contributed by atoms with E-state index in [0.29, 0.717) is 18.5 Å². The largest absolute Gasteiger partial charge is 0.352 e. The van der Waals surface area contributed by atoms with Crippen LogP contribution < -0.4 is 9.62 Å². The third-order valence-electron chi connectivity index (χ3n) is 6.75. The number of carbonyl (C=O) groups excluding carboxylic acids is 2. The fourth-order valence-corrected chi connectivity index (χ4v) is 5.85. The summed E-state index contributed by atoms with van der Waals surface area (Å²) in [7, 11) is -3.55. The van der Waals surface area contributed by atoms with Gasteiger partial charge in [0.05, 0.1) is 11.9 Å². The van der Waals surface area contributed by atoms with Gasteiger partial charge >= 0.3 is 0 Å². The fraction of sp³-hybridized carbons (Fsp3) is 0.375. The van der Waals surface area contributed by atoms with Crippen molar-refractivity contribution in [3.8, 4) is 0 Å². The first-order valence-electron chi connectivity index (χ1n) is 13.9. The number of anilines is 1. The van der Waals surface area contributed by atoms with Gasteiger partial charge in [0, 0.05) is 36.4 Å². The van der Waals surface area contributed by atoms with Crippen LogP contribution in [0.5, 0.6) is 0 Å². The molecule has 0 saturated heterocycles. The third kappa shape index (κ3) is 10.0. The predicted octanol–water partition coefficient (Wildman–Crippen LogP) is 5.72. The van der Waals surface area contributed by atoms with E-state index >= 15 is 0 Å². The van der Waals surface area contributed by atoms with Crippen LogP contribution in [0.3, 0.4) is 0 Å². The maximum atomic E-state index is 13.9. The minimum atomic E-state index is -3.55. The van der Waals surface area contributed by atoms with E-state index in [1.165, 1.54) is 10.6 Å². The minimum absolute atomic E-state index is 0.0900. The van der Waals surface area contributed by atoms with Crippen LogP contribution in [0, 0.1) is 0 Å². The van der Waals surface area contributed by atoms with Crippen molar-refractivity contribution in [2.75, 3.05) is 17.1 Å². The number of rotatable bonds is 14. The van der Waals surface area contributed by atoms with Gasteiger partial charge in [-0.3, -0.25) is 13.9 Å². The van der Waals surface area contributed by atoms with Crippen molar-refractivity contribution in [3.63, 3.8) is 0 Å². The predicted molar refractivity (Wildman–Crippen MR) is 169 cm³/mol. The van der Waals surface area contributed by atoms with E-state index < -0.39 is 16.1 Å². The molecule has 0 aliphatic heterocycles. The Morgan fingerprint density at radius 1 is 0.878 bits per heavy atom. The highest BCUT2D eigenvalue weighted by Gasteiger charge is 2.31. The number of carbonyl (C=O) groups is 2. The molecule has 0 aliphatic carbocycles. The number of hydrogen-bond acceptors (Lipinski definition) is 4. The van der Waals surface area contributed by atoms with Crippen LogP contribution in [-0.2, 0) is 39.0 Å². The molecule has 2 amide bonds. The van der Waals surface area contributed by atoms with E-state index in [-0.39, 0.29) is 37.4 Å². The number of hydrogen-bond donors (Lipinski definition) is 1. The van der Waals surface area contributed by atoms with Crippen LogP contribution in [0.25, 0.3) is 0 Å². The molecule has 220 valence electrons. The molecule has 0 fully saturated rings. The molecule has 0 saturated carbocycles.